The third-order valence-corrected chi connectivity index (χ3v) is 4.09. The van der Waals surface area contributed by atoms with Gasteiger partial charge in [-0.05, 0) is 18.9 Å². The van der Waals surface area contributed by atoms with Crippen molar-refractivity contribution >= 4 is 21.8 Å². The van der Waals surface area contributed by atoms with Gasteiger partial charge >= 0.3 is 12.0 Å². The molecule has 114 valence electrons. The molecular weight excluding hydrogens is 288 g/mol. The topological polar surface area (TPSA) is 122 Å². The lowest BCUT2D eigenvalue weighted by molar-refractivity contribution is -0.139. The zero-order valence-electron chi connectivity index (χ0n) is 11.0. The first kappa shape index (κ1) is 16.4. The van der Waals surface area contributed by atoms with Crippen LogP contribution < -0.4 is 10.6 Å². The second kappa shape index (κ2) is 7.25. The molecule has 0 aromatic heterocycles. The number of urea groups is 1. The fourth-order valence-corrected chi connectivity index (χ4v) is 2.96. The van der Waals surface area contributed by atoms with E-state index in [2.05, 4.69) is 10.6 Å². The number of carboxylic acid groups (broad SMARTS) is 1. The Morgan fingerprint density at radius 2 is 2.20 bits per heavy atom. The SMILES string of the molecule is COCCCC(NC(=O)NC1C=CS(=O)(=O)C1)C(=O)O. The first-order chi connectivity index (χ1) is 9.34. The number of hydrogen-bond donors (Lipinski definition) is 3. The number of ether oxygens (including phenoxy) is 1. The molecule has 1 aliphatic rings. The van der Waals surface area contributed by atoms with Crippen LogP contribution in [0.4, 0.5) is 4.79 Å². The average molecular weight is 306 g/mol. The highest BCUT2D eigenvalue weighted by Crippen LogP contribution is 2.07. The molecule has 0 fully saturated rings. The molecule has 0 saturated heterocycles. The molecule has 0 aromatic carbocycles. The van der Waals surface area contributed by atoms with Gasteiger partial charge in [0.2, 0.25) is 0 Å². The summed E-state index contributed by atoms with van der Waals surface area (Å²) in [6, 6.07) is -2.37. The molecule has 2 atom stereocenters. The minimum Gasteiger partial charge on any atom is -0.480 e. The lowest BCUT2D eigenvalue weighted by atomic mass is 10.1. The largest absolute Gasteiger partial charge is 0.480 e. The molecule has 0 spiro atoms. The number of carbonyl (C=O) groups is 2. The summed E-state index contributed by atoms with van der Waals surface area (Å²) < 4.78 is 27.1. The minimum absolute atomic E-state index is 0.207. The second-order valence-corrected chi connectivity index (χ2v) is 6.34. The van der Waals surface area contributed by atoms with Gasteiger partial charge in [-0.15, -0.1) is 0 Å². The average Bonchev–Trinajstić information content (AvgIpc) is 2.67. The van der Waals surface area contributed by atoms with Crippen molar-refractivity contribution in [3.63, 3.8) is 0 Å². The Balaban J connectivity index is 2.42. The van der Waals surface area contributed by atoms with Crippen molar-refractivity contribution in [3.8, 4) is 0 Å². The van der Waals surface area contributed by atoms with Gasteiger partial charge in [0.25, 0.3) is 0 Å². The van der Waals surface area contributed by atoms with E-state index in [9.17, 15) is 18.0 Å². The van der Waals surface area contributed by atoms with Gasteiger partial charge in [-0.25, -0.2) is 18.0 Å². The van der Waals surface area contributed by atoms with Crippen LogP contribution in [0.2, 0.25) is 0 Å². The molecule has 20 heavy (non-hydrogen) atoms. The van der Waals surface area contributed by atoms with E-state index in [1.807, 2.05) is 0 Å². The van der Waals surface area contributed by atoms with E-state index in [1.54, 1.807) is 0 Å². The summed E-state index contributed by atoms with van der Waals surface area (Å²) in [5.41, 5.74) is 0. The van der Waals surface area contributed by atoms with Crippen molar-refractivity contribution < 1.29 is 27.9 Å². The first-order valence-corrected chi connectivity index (χ1v) is 7.75. The monoisotopic (exact) mass is 306 g/mol. The van der Waals surface area contributed by atoms with Gasteiger partial charge in [0.05, 0.1) is 11.8 Å². The van der Waals surface area contributed by atoms with E-state index in [-0.39, 0.29) is 12.2 Å². The number of amides is 2. The van der Waals surface area contributed by atoms with Crippen LogP contribution in [0.3, 0.4) is 0 Å². The molecule has 2 unspecified atom stereocenters. The zero-order valence-corrected chi connectivity index (χ0v) is 11.9. The van der Waals surface area contributed by atoms with Crippen LogP contribution in [0.1, 0.15) is 12.8 Å². The van der Waals surface area contributed by atoms with E-state index >= 15 is 0 Å². The summed E-state index contributed by atoms with van der Waals surface area (Å²) in [4.78, 5) is 22.6. The summed E-state index contributed by atoms with van der Waals surface area (Å²) in [7, 11) is -1.76. The van der Waals surface area contributed by atoms with Gasteiger partial charge < -0.3 is 20.5 Å². The molecular formula is C11H18N2O6S. The fourth-order valence-electron chi connectivity index (χ4n) is 1.72. The molecule has 1 heterocycles. The molecule has 9 heteroatoms. The van der Waals surface area contributed by atoms with Crippen molar-refractivity contribution in [2.24, 2.45) is 0 Å². The molecule has 1 rings (SSSR count). The minimum atomic E-state index is -3.26. The van der Waals surface area contributed by atoms with Crippen molar-refractivity contribution in [2.45, 2.75) is 24.9 Å². The maximum Gasteiger partial charge on any atom is 0.326 e. The molecule has 0 aliphatic carbocycles. The number of carboxylic acids is 1. The number of hydrogen-bond acceptors (Lipinski definition) is 5. The summed E-state index contributed by atoms with van der Waals surface area (Å²) >= 11 is 0. The number of aliphatic carboxylic acids is 1. The number of nitrogens with one attached hydrogen (secondary N) is 2. The van der Waals surface area contributed by atoms with Crippen molar-refractivity contribution in [1.82, 2.24) is 10.6 Å². The van der Waals surface area contributed by atoms with E-state index in [0.29, 0.717) is 13.0 Å². The summed E-state index contributed by atoms with van der Waals surface area (Å²) in [6.07, 6.45) is 2.08. The highest BCUT2D eigenvalue weighted by molar-refractivity contribution is 7.94. The highest BCUT2D eigenvalue weighted by Gasteiger charge is 2.25. The third kappa shape index (κ3) is 5.57. The van der Waals surface area contributed by atoms with Gasteiger partial charge in [-0.2, -0.15) is 0 Å². The quantitative estimate of drug-likeness (QED) is 0.544. The fraction of sp³-hybridized carbons (Fsp3) is 0.636. The number of rotatable bonds is 7. The van der Waals surface area contributed by atoms with E-state index in [4.69, 9.17) is 9.84 Å². The van der Waals surface area contributed by atoms with Gasteiger partial charge in [-0.3, -0.25) is 0 Å². The first-order valence-electron chi connectivity index (χ1n) is 6.04. The van der Waals surface area contributed by atoms with E-state index < -0.39 is 33.9 Å². The van der Waals surface area contributed by atoms with Crippen LogP contribution in [0, 0.1) is 0 Å². The van der Waals surface area contributed by atoms with Crippen LogP contribution >= 0.6 is 0 Å². The van der Waals surface area contributed by atoms with Gasteiger partial charge in [-0.1, -0.05) is 0 Å². The molecule has 0 radical (unpaired) electrons. The molecule has 1 aliphatic heterocycles. The van der Waals surface area contributed by atoms with Gasteiger partial charge in [0, 0.05) is 19.1 Å². The Kier molecular flexibility index (Phi) is 5.96. The summed E-state index contributed by atoms with van der Waals surface area (Å²) in [5, 5.41) is 14.7. The predicted molar refractivity (Wildman–Crippen MR) is 70.9 cm³/mol. The van der Waals surface area contributed by atoms with Gasteiger partial charge in [0.1, 0.15) is 6.04 Å². The van der Waals surface area contributed by atoms with Crippen LogP contribution in [0.5, 0.6) is 0 Å². The molecule has 0 saturated carbocycles. The molecule has 0 aromatic rings. The third-order valence-electron chi connectivity index (χ3n) is 2.69. The van der Waals surface area contributed by atoms with Crippen molar-refractivity contribution in [1.29, 1.82) is 0 Å². The van der Waals surface area contributed by atoms with Crippen LogP contribution in [-0.2, 0) is 19.4 Å². The Bertz CT molecular complexity index is 487. The summed E-state index contributed by atoms with van der Waals surface area (Å²) in [5.74, 6) is -1.35. The van der Waals surface area contributed by atoms with Crippen LogP contribution in [0.25, 0.3) is 0 Å². The smallest absolute Gasteiger partial charge is 0.326 e. The standard InChI is InChI=1S/C11H18N2O6S/c1-19-5-2-3-9(10(14)15)13-11(16)12-8-4-6-20(17,18)7-8/h4,6,8-9H,2-3,5,7H2,1H3,(H,14,15)(H2,12,13,16). The number of carbonyl (C=O) groups excluding carboxylic acids is 1. The Hall–Kier alpha value is -1.61. The van der Waals surface area contributed by atoms with Crippen molar-refractivity contribution in [3.05, 3.63) is 11.5 Å². The molecule has 8 nitrogen and oxygen atoms in total. The van der Waals surface area contributed by atoms with Gasteiger partial charge in [0.15, 0.2) is 9.84 Å². The Labute approximate surface area is 117 Å². The Morgan fingerprint density at radius 3 is 2.70 bits per heavy atom. The van der Waals surface area contributed by atoms with Crippen LogP contribution in [0.15, 0.2) is 11.5 Å². The molecule has 0 bridgehead atoms. The second-order valence-electron chi connectivity index (χ2n) is 4.41. The Morgan fingerprint density at radius 1 is 1.50 bits per heavy atom. The zero-order chi connectivity index (χ0) is 15.2. The van der Waals surface area contributed by atoms with E-state index in [1.165, 1.54) is 13.2 Å². The lowest BCUT2D eigenvalue weighted by Crippen LogP contribution is -2.49. The lowest BCUT2D eigenvalue weighted by Gasteiger charge is -2.16. The normalized spacial score (nSPS) is 21.4. The van der Waals surface area contributed by atoms with E-state index in [0.717, 1.165) is 5.41 Å². The number of sulfone groups is 1. The molecule has 2 amide bonds. The number of methoxy groups -OCH3 is 1. The molecule has 3 N–H and O–H groups in total. The van der Waals surface area contributed by atoms with Crippen LogP contribution in [-0.4, -0.2) is 57.1 Å². The maximum absolute atomic E-state index is 11.6. The maximum atomic E-state index is 11.6. The predicted octanol–water partition coefficient (Wildman–Crippen LogP) is -0.524. The van der Waals surface area contributed by atoms with Crippen molar-refractivity contribution in [2.75, 3.05) is 19.5 Å². The summed E-state index contributed by atoms with van der Waals surface area (Å²) in [6.45, 7) is 0.399. The highest BCUT2D eigenvalue weighted by atomic mass is 32.2.